The summed E-state index contributed by atoms with van der Waals surface area (Å²) < 4.78 is 0. The molecule has 2 amide bonds. The van der Waals surface area contributed by atoms with Crippen LogP contribution >= 0.6 is 0 Å². The van der Waals surface area contributed by atoms with E-state index in [0.717, 1.165) is 18.5 Å². The Morgan fingerprint density at radius 1 is 1.35 bits per heavy atom. The molecule has 100 valence electrons. The third kappa shape index (κ3) is 2.47. The van der Waals surface area contributed by atoms with Gasteiger partial charge in [-0.05, 0) is 37.1 Å². The molecule has 1 heterocycles. The van der Waals surface area contributed by atoms with E-state index in [1.807, 2.05) is 0 Å². The van der Waals surface area contributed by atoms with Gasteiger partial charge in [-0.3, -0.25) is 15.3 Å². The fourth-order valence-corrected chi connectivity index (χ4v) is 2.02. The predicted molar refractivity (Wildman–Crippen MR) is 74.3 cm³/mol. The Kier molecular flexibility index (Phi) is 3.09. The molecule has 0 atom stereocenters. The van der Waals surface area contributed by atoms with Crippen molar-refractivity contribution < 1.29 is 4.79 Å². The number of amides is 2. The third-order valence-electron chi connectivity index (χ3n) is 3.15. The molecule has 3 rings (SSSR count). The van der Waals surface area contributed by atoms with Crippen molar-refractivity contribution in [3.8, 4) is 6.07 Å². The van der Waals surface area contributed by atoms with Gasteiger partial charge in [0.25, 0.3) is 0 Å². The van der Waals surface area contributed by atoms with Crippen molar-refractivity contribution in [1.82, 2.24) is 10.2 Å². The molecule has 1 aliphatic carbocycles. The number of urea groups is 1. The Bertz CT molecular complexity index is 637. The van der Waals surface area contributed by atoms with Gasteiger partial charge in [-0.15, -0.1) is 0 Å². The first-order chi connectivity index (χ1) is 9.78. The topological polar surface area (TPSA) is 84.8 Å². The normalized spacial score (nSPS) is 13.6. The van der Waals surface area contributed by atoms with Crippen LogP contribution in [-0.2, 0) is 0 Å². The van der Waals surface area contributed by atoms with E-state index in [1.54, 1.807) is 41.4 Å². The van der Waals surface area contributed by atoms with E-state index >= 15 is 0 Å². The zero-order chi connectivity index (χ0) is 13.9. The van der Waals surface area contributed by atoms with Crippen LogP contribution in [-0.4, -0.2) is 22.3 Å². The molecular weight excluding hydrogens is 254 g/mol. The average Bonchev–Trinajstić information content (AvgIpc) is 3.16. The summed E-state index contributed by atoms with van der Waals surface area (Å²) >= 11 is 0. The Morgan fingerprint density at radius 2 is 2.10 bits per heavy atom. The molecule has 1 aromatic carbocycles. The van der Waals surface area contributed by atoms with Crippen molar-refractivity contribution in [2.45, 2.75) is 18.9 Å². The summed E-state index contributed by atoms with van der Waals surface area (Å²) in [5.41, 5.74) is 1.38. The van der Waals surface area contributed by atoms with Gasteiger partial charge in [0.1, 0.15) is 5.82 Å². The molecule has 1 saturated carbocycles. The van der Waals surface area contributed by atoms with Gasteiger partial charge in [0.2, 0.25) is 0 Å². The fourth-order valence-electron chi connectivity index (χ4n) is 2.02. The molecule has 0 radical (unpaired) electrons. The van der Waals surface area contributed by atoms with Crippen LogP contribution in [0.4, 0.5) is 16.3 Å². The first-order valence-corrected chi connectivity index (χ1v) is 6.37. The van der Waals surface area contributed by atoms with Crippen molar-refractivity contribution in [3.63, 3.8) is 0 Å². The monoisotopic (exact) mass is 267 g/mol. The second-order valence-electron chi connectivity index (χ2n) is 4.66. The smallest absolute Gasteiger partial charge is 0.292 e. The number of nitrogens with zero attached hydrogens (tertiary/aromatic N) is 3. The zero-order valence-electron chi connectivity index (χ0n) is 10.7. The van der Waals surface area contributed by atoms with Crippen molar-refractivity contribution in [3.05, 3.63) is 42.1 Å². The largest absolute Gasteiger partial charge is 0.327 e. The summed E-state index contributed by atoms with van der Waals surface area (Å²) in [6, 6.07) is 10.8. The van der Waals surface area contributed by atoms with E-state index in [-0.39, 0.29) is 12.1 Å². The minimum atomic E-state index is -0.193. The first kappa shape index (κ1) is 12.2. The quantitative estimate of drug-likeness (QED) is 0.895. The maximum absolute atomic E-state index is 12.3. The molecule has 1 aromatic heterocycles. The Morgan fingerprint density at radius 3 is 2.65 bits per heavy atom. The lowest BCUT2D eigenvalue weighted by Gasteiger charge is -2.22. The summed E-state index contributed by atoms with van der Waals surface area (Å²) in [7, 11) is 0. The van der Waals surface area contributed by atoms with Crippen LogP contribution in [0, 0.1) is 11.3 Å². The number of nitriles is 1. The number of benzene rings is 1. The average molecular weight is 267 g/mol. The number of aromatic nitrogens is 2. The number of H-pyrrole nitrogens is 1. The Hall–Kier alpha value is -2.81. The second-order valence-corrected chi connectivity index (χ2v) is 4.66. The third-order valence-corrected chi connectivity index (χ3v) is 3.15. The van der Waals surface area contributed by atoms with Gasteiger partial charge in [0, 0.05) is 17.8 Å². The van der Waals surface area contributed by atoms with Crippen LogP contribution in [0.25, 0.3) is 0 Å². The lowest BCUT2D eigenvalue weighted by molar-refractivity contribution is 0.256. The van der Waals surface area contributed by atoms with Crippen LogP contribution in [0.2, 0.25) is 0 Å². The van der Waals surface area contributed by atoms with E-state index in [0.29, 0.717) is 11.4 Å². The number of nitrogens with one attached hydrogen (secondary N) is 2. The van der Waals surface area contributed by atoms with Crippen molar-refractivity contribution in [2.24, 2.45) is 0 Å². The number of carbonyl (C=O) groups is 1. The highest BCUT2D eigenvalue weighted by Crippen LogP contribution is 2.32. The summed E-state index contributed by atoms with van der Waals surface area (Å²) in [6.07, 6.45) is 3.57. The highest BCUT2D eigenvalue weighted by atomic mass is 16.2. The molecule has 2 N–H and O–H groups in total. The number of carbonyl (C=O) groups excluding carboxylic acids is 1. The van der Waals surface area contributed by atoms with Gasteiger partial charge in [-0.1, -0.05) is 0 Å². The molecule has 0 bridgehead atoms. The second kappa shape index (κ2) is 5.05. The number of aromatic amines is 1. The predicted octanol–water partition coefficient (Wildman–Crippen LogP) is 2.48. The minimum absolute atomic E-state index is 0.193. The number of hydrogen-bond donors (Lipinski definition) is 2. The molecule has 0 aliphatic heterocycles. The summed E-state index contributed by atoms with van der Waals surface area (Å²) in [5.74, 6) is 0.564. The molecule has 6 heteroatoms. The van der Waals surface area contributed by atoms with Crippen LogP contribution in [0.5, 0.6) is 0 Å². The van der Waals surface area contributed by atoms with Crippen LogP contribution < -0.4 is 10.2 Å². The van der Waals surface area contributed by atoms with Crippen LogP contribution in [0.3, 0.4) is 0 Å². The van der Waals surface area contributed by atoms with E-state index in [1.165, 1.54) is 0 Å². The van der Waals surface area contributed by atoms with Gasteiger partial charge in [0.05, 0.1) is 17.8 Å². The standard InChI is InChI=1S/C14H13N5O/c15-9-10-1-3-11(4-2-10)19(12-5-6-12)14(20)17-13-7-8-16-18-13/h1-4,7-8,12H,5-6H2,(H2,16,17,18,20). The summed E-state index contributed by atoms with van der Waals surface area (Å²) in [6.45, 7) is 0. The molecule has 0 spiro atoms. The highest BCUT2D eigenvalue weighted by Gasteiger charge is 2.33. The Balaban J connectivity index is 1.81. The maximum atomic E-state index is 12.3. The lowest BCUT2D eigenvalue weighted by atomic mass is 10.2. The SMILES string of the molecule is N#Cc1ccc(N(C(=O)Nc2ccn[nH]2)C2CC2)cc1. The van der Waals surface area contributed by atoms with E-state index in [2.05, 4.69) is 21.6 Å². The molecule has 1 fully saturated rings. The molecule has 6 nitrogen and oxygen atoms in total. The van der Waals surface area contributed by atoms with E-state index in [9.17, 15) is 4.79 Å². The van der Waals surface area contributed by atoms with Gasteiger partial charge in [-0.2, -0.15) is 10.4 Å². The molecular formula is C14H13N5O. The molecule has 2 aromatic rings. The number of anilines is 2. The summed E-state index contributed by atoms with van der Waals surface area (Å²) in [4.78, 5) is 14.1. The van der Waals surface area contributed by atoms with Gasteiger partial charge >= 0.3 is 6.03 Å². The van der Waals surface area contributed by atoms with Crippen molar-refractivity contribution in [1.29, 1.82) is 5.26 Å². The number of hydrogen-bond acceptors (Lipinski definition) is 3. The van der Waals surface area contributed by atoms with E-state index < -0.39 is 0 Å². The number of rotatable bonds is 3. The van der Waals surface area contributed by atoms with Gasteiger partial charge in [0.15, 0.2) is 0 Å². The molecule has 20 heavy (non-hydrogen) atoms. The van der Waals surface area contributed by atoms with E-state index in [4.69, 9.17) is 5.26 Å². The molecule has 0 unspecified atom stereocenters. The lowest BCUT2D eigenvalue weighted by Crippen LogP contribution is -2.36. The minimum Gasteiger partial charge on any atom is -0.292 e. The Labute approximate surface area is 116 Å². The molecule has 1 aliphatic rings. The van der Waals surface area contributed by atoms with Gasteiger partial charge < -0.3 is 0 Å². The first-order valence-electron chi connectivity index (χ1n) is 6.37. The van der Waals surface area contributed by atoms with Gasteiger partial charge in [-0.25, -0.2) is 4.79 Å². The maximum Gasteiger partial charge on any atom is 0.327 e. The van der Waals surface area contributed by atoms with Crippen molar-refractivity contribution in [2.75, 3.05) is 10.2 Å². The molecule has 0 saturated heterocycles. The fraction of sp³-hybridized carbons (Fsp3) is 0.214. The van der Waals surface area contributed by atoms with Crippen LogP contribution in [0.15, 0.2) is 36.5 Å². The van der Waals surface area contributed by atoms with Crippen LogP contribution in [0.1, 0.15) is 18.4 Å². The summed E-state index contributed by atoms with van der Waals surface area (Å²) in [5, 5.41) is 18.1. The van der Waals surface area contributed by atoms with Crippen molar-refractivity contribution >= 4 is 17.5 Å². The zero-order valence-corrected chi connectivity index (χ0v) is 10.7. The highest BCUT2D eigenvalue weighted by molar-refractivity contribution is 6.02.